The Hall–Kier alpha value is -1.00. The number of nitrogens with two attached hydrogens (primary N) is 1. The number of amides is 1. The Kier molecular flexibility index (Phi) is 5.33. The molecule has 116 valence electrons. The quantitative estimate of drug-likeness (QED) is 0.910. The van der Waals surface area contributed by atoms with Crippen LogP contribution >= 0.6 is 11.8 Å². The van der Waals surface area contributed by atoms with Gasteiger partial charge in [-0.25, -0.2) is 0 Å². The lowest BCUT2D eigenvalue weighted by Gasteiger charge is -2.23. The van der Waals surface area contributed by atoms with Gasteiger partial charge in [-0.15, -0.1) is 11.8 Å². The maximum Gasteiger partial charge on any atom is 0.236 e. The summed E-state index contributed by atoms with van der Waals surface area (Å²) in [6.07, 6.45) is 1.71. The number of thioether (sulfide) groups is 1. The fourth-order valence-corrected chi connectivity index (χ4v) is 3.84. The van der Waals surface area contributed by atoms with Crippen LogP contribution in [0, 0.1) is 12.8 Å². The van der Waals surface area contributed by atoms with Crippen molar-refractivity contribution in [1.29, 1.82) is 0 Å². The van der Waals surface area contributed by atoms with E-state index in [1.54, 1.807) is 11.8 Å². The molecule has 0 saturated carbocycles. The molecule has 2 atom stereocenters. The van der Waals surface area contributed by atoms with Crippen LogP contribution in [0.1, 0.15) is 31.4 Å². The monoisotopic (exact) mass is 306 g/mol. The molecule has 1 aromatic carbocycles. The first-order chi connectivity index (χ1) is 9.88. The van der Waals surface area contributed by atoms with Crippen LogP contribution in [-0.4, -0.2) is 35.7 Å². The van der Waals surface area contributed by atoms with E-state index >= 15 is 0 Å². The molecule has 0 radical (unpaired) electrons. The number of carbonyl (C=O) groups excluding carboxylic acids is 1. The summed E-state index contributed by atoms with van der Waals surface area (Å²) in [5.74, 6) is 0.686. The zero-order valence-corrected chi connectivity index (χ0v) is 14.2. The number of rotatable bonds is 5. The Morgan fingerprint density at radius 3 is 2.86 bits per heavy atom. The standard InChI is InChI=1S/C17H26N2OS/c1-11(2)14(18)7-8-19(4)17(20)16-10-13-9-12(3)5-6-15(13)21-16/h5-6,9,11,14,16H,7-8,10,18H2,1-4H3. The maximum absolute atomic E-state index is 12.5. The summed E-state index contributed by atoms with van der Waals surface area (Å²) in [4.78, 5) is 15.6. The lowest BCUT2D eigenvalue weighted by molar-refractivity contribution is -0.129. The van der Waals surface area contributed by atoms with Gasteiger partial charge >= 0.3 is 0 Å². The predicted molar refractivity (Wildman–Crippen MR) is 89.6 cm³/mol. The van der Waals surface area contributed by atoms with Crippen molar-refractivity contribution in [3.05, 3.63) is 29.3 Å². The molecule has 2 unspecified atom stereocenters. The molecule has 2 rings (SSSR count). The largest absolute Gasteiger partial charge is 0.345 e. The van der Waals surface area contributed by atoms with E-state index in [0.29, 0.717) is 5.92 Å². The van der Waals surface area contributed by atoms with Crippen LogP contribution in [-0.2, 0) is 11.2 Å². The molecule has 0 bridgehead atoms. The minimum atomic E-state index is 0.0297. The van der Waals surface area contributed by atoms with Crippen molar-refractivity contribution < 1.29 is 4.79 Å². The summed E-state index contributed by atoms with van der Waals surface area (Å²) < 4.78 is 0. The van der Waals surface area contributed by atoms with Crippen LogP contribution in [0.4, 0.5) is 0 Å². The maximum atomic E-state index is 12.5. The highest BCUT2D eigenvalue weighted by Crippen LogP contribution is 2.38. The Labute approximate surface area is 132 Å². The topological polar surface area (TPSA) is 46.3 Å². The predicted octanol–water partition coefficient (Wildman–Crippen LogP) is 2.84. The van der Waals surface area contributed by atoms with E-state index in [4.69, 9.17) is 5.73 Å². The van der Waals surface area contributed by atoms with Crippen molar-refractivity contribution in [2.75, 3.05) is 13.6 Å². The van der Waals surface area contributed by atoms with Gasteiger partial charge in [-0.1, -0.05) is 31.5 Å². The second-order valence-electron chi connectivity index (χ2n) is 6.38. The van der Waals surface area contributed by atoms with Crippen molar-refractivity contribution in [3.8, 4) is 0 Å². The molecular formula is C17H26N2OS. The highest BCUT2D eigenvalue weighted by atomic mass is 32.2. The van der Waals surface area contributed by atoms with Crippen molar-refractivity contribution in [2.45, 2.75) is 49.8 Å². The number of nitrogens with zero attached hydrogens (tertiary/aromatic N) is 1. The average Bonchev–Trinajstić information content (AvgIpc) is 2.86. The fraction of sp³-hybridized carbons (Fsp3) is 0.588. The zero-order valence-electron chi connectivity index (χ0n) is 13.4. The van der Waals surface area contributed by atoms with Gasteiger partial charge in [0.25, 0.3) is 0 Å². The summed E-state index contributed by atoms with van der Waals surface area (Å²) in [6, 6.07) is 6.61. The molecule has 1 aliphatic rings. The molecule has 4 heteroatoms. The zero-order chi connectivity index (χ0) is 15.6. The Balaban J connectivity index is 1.90. The molecule has 1 heterocycles. The third-order valence-corrected chi connectivity index (χ3v) is 5.50. The third-order valence-electron chi connectivity index (χ3n) is 4.20. The second-order valence-corrected chi connectivity index (χ2v) is 7.62. The number of aryl methyl sites for hydroxylation is 1. The molecule has 0 aliphatic carbocycles. The van der Waals surface area contributed by atoms with Crippen LogP contribution in [0.2, 0.25) is 0 Å². The first-order valence-electron chi connectivity index (χ1n) is 7.65. The van der Waals surface area contributed by atoms with Gasteiger partial charge in [0.15, 0.2) is 0 Å². The number of fused-ring (bicyclic) bond motifs is 1. The molecule has 0 saturated heterocycles. The van der Waals surface area contributed by atoms with E-state index in [1.807, 2.05) is 11.9 Å². The Morgan fingerprint density at radius 2 is 2.19 bits per heavy atom. The molecule has 1 aliphatic heterocycles. The summed E-state index contributed by atoms with van der Waals surface area (Å²) in [5, 5.41) is 0.0297. The number of carbonyl (C=O) groups is 1. The van der Waals surface area contributed by atoms with Gasteiger partial charge in [-0.2, -0.15) is 0 Å². The van der Waals surface area contributed by atoms with Crippen LogP contribution in [0.3, 0.4) is 0 Å². The van der Waals surface area contributed by atoms with Gasteiger partial charge < -0.3 is 10.6 Å². The highest BCUT2D eigenvalue weighted by Gasteiger charge is 2.30. The molecule has 2 N–H and O–H groups in total. The third kappa shape index (κ3) is 4.01. The second kappa shape index (κ2) is 6.84. The van der Waals surface area contributed by atoms with Gasteiger partial charge in [0, 0.05) is 24.5 Å². The van der Waals surface area contributed by atoms with E-state index in [1.165, 1.54) is 16.0 Å². The van der Waals surface area contributed by atoms with Crippen LogP contribution < -0.4 is 5.73 Å². The number of benzene rings is 1. The summed E-state index contributed by atoms with van der Waals surface area (Å²) in [5.41, 5.74) is 8.63. The van der Waals surface area contributed by atoms with E-state index in [2.05, 4.69) is 39.0 Å². The first-order valence-corrected chi connectivity index (χ1v) is 8.53. The smallest absolute Gasteiger partial charge is 0.236 e. The van der Waals surface area contributed by atoms with Gasteiger partial charge in [0.1, 0.15) is 0 Å². The molecule has 0 spiro atoms. The number of hydrogen-bond acceptors (Lipinski definition) is 3. The van der Waals surface area contributed by atoms with Crippen LogP contribution in [0.15, 0.2) is 23.1 Å². The van der Waals surface area contributed by atoms with Crippen LogP contribution in [0.25, 0.3) is 0 Å². The molecule has 0 fully saturated rings. The minimum Gasteiger partial charge on any atom is -0.345 e. The summed E-state index contributed by atoms with van der Waals surface area (Å²) in [7, 11) is 1.89. The lowest BCUT2D eigenvalue weighted by Crippen LogP contribution is -2.38. The van der Waals surface area contributed by atoms with E-state index in [9.17, 15) is 4.79 Å². The Morgan fingerprint density at radius 1 is 1.48 bits per heavy atom. The molecular weight excluding hydrogens is 280 g/mol. The highest BCUT2D eigenvalue weighted by molar-refractivity contribution is 8.01. The molecule has 0 aromatic heterocycles. The van der Waals surface area contributed by atoms with E-state index in [0.717, 1.165) is 19.4 Å². The normalized spacial score (nSPS) is 18.7. The van der Waals surface area contributed by atoms with Crippen LogP contribution in [0.5, 0.6) is 0 Å². The van der Waals surface area contributed by atoms with Crippen molar-refractivity contribution in [2.24, 2.45) is 11.7 Å². The molecule has 21 heavy (non-hydrogen) atoms. The molecule has 1 aromatic rings. The van der Waals surface area contributed by atoms with Gasteiger partial charge in [-0.05, 0) is 37.3 Å². The fourth-order valence-electron chi connectivity index (χ4n) is 2.55. The summed E-state index contributed by atoms with van der Waals surface area (Å²) >= 11 is 1.70. The van der Waals surface area contributed by atoms with E-state index in [-0.39, 0.29) is 17.2 Å². The first kappa shape index (κ1) is 16.4. The van der Waals surface area contributed by atoms with Gasteiger partial charge in [0.2, 0.25) is 5.91 Å². The summed E-state index contributed by atoms with van der Waals surface area (Å²) in [6.45, 7) is 7.08. The van der Waals surface area contributed by atoms with E-state index < -0.39 is 0 Å². The van der Waals surface area contributed by atoms with Gasteiger partial charge in [-0.3, -0.25) is 4.79 Å². The van der Waals surface area contributed by atoms with Crippen molar-refractivity contribution in [3.63, 3.8) is 0 Å². The number of hydrogen-bond donors (Lipinski definition) is 1. The minimum absolute atomic E-state index is 0.0297. The molecule has 1 amide bonds. The average molecular weight is 306 g/mol. The van der Waals surface area contributed by atoms with Gasteiger partial charge in [0.05, 0.1) is 5.25 Å². The SMILES string of the molecule is Cc1ccc2c(c1)CC(C(=O)N(C)CCC(N)C(C)C)S2. The Bertz CT molecular complexity index is 516. The molecule has 3 nitrogen and oxygen atoms in total. The lowest BCUT2D eigenvalue weighted by atomic mass is 10.0. The van der Waals surface area contributed by atoms with Crippen molar-refractivity contribution >= 4 is 17.7 Å². The van der Waals surface area contributed by atoms with Crippen molar-refractivity contribution in [1.82, 2.24) is 4.90 Å².